The Morgan fingerprint density at radius 1 is 1.24 bits per heavy atom. The number of nitrogens with zero attached hydrogens (tertiary/aromatic N) is 2. The van der Waals surface area contributed by atoms with Crippen molar-refractivity contribution in [2.24, 2.45) is 0 Å². The number of hydrogen-bond acceptors (Lipinski definition) is 3. The molecule has 0 saturated heterocycles. The molecule has 0 bridgehead atoms. The van der Waals surface area contributed by atoms with Gasteiger partial charge in [0, 0.05) is 18.4 Å². The van der Waals surface area contributed by atoms with Gasteiger partial charge in [-0.2, -0.15) is 0 Å². The van der Waals surface area contributed by atoms with Gasteiger partial charge in [-0.15, -0.1) is 0 Å². The monoisotopic (exact) mass is 357 g/mol. The third-order valence-corrected chi connectivity index (χ3v) is 5.83. The second-order valence-electron chi connectivity index (χ2n) is 6.55. The van der Waals surface area contributed by atoms with E-state index in [1.807, 2.05) is 12.4 Å². The molecule has 0 atom stereocenters. The first kappa shape index (κ1) is 18.1. The van der Waals surface area contributed by atoms with Crippen molar-refractivity contribution in [2.75, 3.05) is 5.75 Å². The highest BCUT2D eigenvalue weighted by Gasteiger charge is 2.18. The average Bonchev–Trinajstić information content (AvgIpc) is 3.30. The summed E-state index contributed by atoms with van der Waals surface area (Å²) in [5.74, 6) is 0.537. The van der Waals surface area contributed by atoms with Crippen LogP contribution in [0.1, 0.15) is 50.7 Å². The van der Waals surface area contributed by atoms with E-state index >= 15 is 0 Å². The van der Waals surface area contributed by atoms with E-state index in [0.29, 0.717) is 11.8 Å². The highest BCUT2D eigenvalue weighted by Crippen LogP contribution is 2.27. The Kier molecular flexibility index (Phi) is 6.19. The molecule has 2 aromatic rings. The molecule has 1 aliphatic carbocycles. The summed E-state index contributed by atoms with van der Waals surface area (Å²) in [6, 6.07) is 6.85. The number of amides is 1. The topological polar surface area (TPSA) is 46.9 Å². The van der Waals surface area contributed by atoms with Crippen molar-refractivity contribution in [1.82, 2.24) is 14.9 Å². The predicted octanol–water partition coefficient (Wildman–Crippen LogP) is 4.15. The van der Waals surface area contributed by atoms with E-state index in [2.05, 4.69) is 46.9 Å². The Labute approximate surface area is 154 Å². The third kappa shape index (κ3) is 4.27. The van der Waals surface area contributed by atoms with Crippen LogP contribution in [0, 0.1) is 0 Å². The average molecular weight is 358 g/mol. The minimum absolute atomic E-state index is 0.117. The molecular weight excluding hydrogens is 330 g/mol. The van der Waals surface area contributed by atoms with Crippen LogP contribution in [-0.4, -0.2) is 27.3 Å². The molecule has 0 radical (unpaired) electrons. The molecule has 1 saturated carbocycles. The van der Waals surface area contributed by atoms with Crippen LogP contribution in [0.25, 0.3) is 5.69 Å². The number of para-hydroxylation sites is 1. The molecule has 1 aliphatic rings. The Morgan fingerprint density at radius 2 is 1.92 bits per heavy atom. The Balaban J connectivity index is 1.74. The van der Waals surface area contributed by atoms with Crippen LogP contribution >= 0.6 is 11.8 Å². The van der Waals surface area contributed by atoms with Gasteiger partial charge in [-0.1, -0.05) is 56.7 Å². The zero-order valence-corrected chi connectivity index (χ0v) is 15.9. The SMILES string of the molecule is CCc1cccc(CC)c1-n1ccnc1SCC(=O)NC1CCCC1. The normalized spacial score (nSPS) is 14.8. The summed E-state index contributed by atoms with van der Waals surface area (Å²) >= 11 is 1.52. The maximum Gasteiger partial charge on any atom is 0.230 e. The number of carbonyl (C=O) groups excluding carboxylic acids is 1. The van der Waals surface area contributed by atoms with Gasteiger partial charge in [0.1, 0.15) is 0 Å². The van der Waals surface area contributed by atoms with Crippen molar-refractivity contribution in [1.29, 1.82) is 0 Å². The van der Waals surface area contributed by atoms with E-state index in [0.717, 1.165) is 30.8 Å². The van der Waals surface area contributed by atoms with Crippen LogP contribution in [0.5, 0.6) is 0 Å². The summed E-state index contributed by atoms with van der Waals surface area (Å²) in [4.78, 5) is 16.7. The van der Waals surface area contributed by atoms with Crippen molar-refractivity contribution in [3.05, 3.63) is 41.7 Å². The molecule has 134 valence electrons. The Hall–Kier alpha value is -1.75. The van der Waals surface area contributed by atoms with Gasteiger partial charge in [0.2, 0.25) is 5.91 Å². The molecule has 1 amide bonds. The molecule has 0 aliphatic heterocycles. The molecular formula is C20H27N3OS. The largest absolute Gasteiger partial charge is 0.353 e. The van der Waals surface area contributed by atoms with Crippen molar-refractivity contribution < 1.29 is 4.79 Å². The van der Waals surface area contributed by atoms with Crippen LogP contribution in [-0.2, 0) is 17.6 Å². The Bertz CT molecular complexity index is 697. The number of carbonyl (C=O) groups is 1. The minimum Gasteiger partial charge on any atom is -0.353 e. The first-order valence-corrected chi connectivity index (χ1v) is 10.3. The lowest BCUT2D eigenvalue weighted by Crippen LogP contribution is -2.33. The molecule has 1 heterocycles. The fraction of sp³-hybridized carbons (Fsp3) is 0.500. The van der Waals surface area contributed by atoms with Gasteiger partial charge < -0.3 is 5.32 Å². The number of hydrogen-bond donors (Lipinski definition) is 1. The predicted molar refractivity (Wildman–Crippen MR) is 103 cm³/mol. The summed E-state index contributed by atoms with van der Waals surface area (Å²) in [5, 5.41) is 4.04. The summed E-state index contributed by atoms with van der Waals surface area (Å²) < 4.78 is 2.14. The van der Waals surface area contributed by atoms with E-state index in [9.17, 15) is 4.79 Å². The first-order valence-electron chi connectivity index (χ1n) is 9.29. The van der Waals surface area contributed by atoms with Crippen molar-refractivity contribution in [2.45, 2.75) is 63.6 Å². The second-order valence-corrected chi connectivity index (χ2v) is 7.49. The molecule has 25 heavy (non-hydrogen) atoms. The zero-order valence-electron chi connectivity index (χ0n) is 15.1. The van der Waals surface area contributed by atoms with E-state index in [4.69, 9.17) is 0 Å². The lowest BCUT2D eigenvalue weighted by molar-refractivity contribution is -0.119. The van der Waals surface area contributed by atoms with Crippen molar-refractivity contribution in [3.8, 4) is 5.69 Å². The lowest BCUT2D eigenvalue weighted by Gasteiger charge is -2.16. The van der Waals surface area contributed by atoms with Gasteiger partial charge in [0.25, 0.3) is 0 Å². The number of rotatable bonds is 7. The van der Waals surface area contributed by atoms with Crippen LogP contribution in [0.4, 0.5) is 0 Å². The maximum atomic E-state index is 12.2. The highest BCUT2D eigenvalue weighted by molar-refractivity contribution is 7.99. The number of nitrogens with one attached hydrogen (secondary N) is 1. The molecule has 1 aromatic heterocycles. The van der Waals surface area contributed by atoms with Gasteiger partial charge in [-0.25, -0.2) is 4.98 Å². The molecule has 1 aromatic carbocycles. The highest BCUT2D eigenvalue weighted by atomic mass is 32.2. The fourth-order valence-corrected chi connectivity index (χ4v) is 4.33. The molecule has 3 rings (SSSR count). The quantitative estimate of drug-likeness (QED) is 0.757. The van der Waals surface area contributed by atoms with E-state index in [1.165, 1.54) is 41.4 Å². The van der Waals surface area contributed by atoms with E-state index < -0.39 is 0 Å². The third-order valence-electron chi connectivity index (χ3n) is 4.87. The number of benzene rings is 1. The molecule has 4 nitrogen and oxygen atoms in total. The van der Waals surface area contributed by atoms with Crippen molar-refractivity contribution in [3.63, 3.8) is 0 Å². The van der Waals surface area contributed by atoms with E-state index in [1.54, 1.807) is 0 Å². The Morgan fingerprint density at radius 3 is 2.56 bits per heavy atom. The van der Waals surface area contributed by atoms with Crippen LogP contribution in [0.15, 0.2) is 35.7 Å². The van der Waals surface area contributed by atoms with Crippen LogP contribution in [0.3, 0.4) is 0 Å². The smallest absolute Gasteiger partial charge is 0.230 e. The minimum atomic E-state index is 0.117. The van der Waals surface area contributed by atoms with Crippen LogP contribution < -0.4 is 5.32 Å². The van der Waals surface area contributed by atoms with Gasteiger partial charge >= 0.3 is 0 Å². The molecule has 1 N–H and O–H groups in total. The van der Waals surface area contributed by atoms with Gasteiger partial charge in [-0.3, -0.25) is 9.36 Å². The second kappa shape index (κ2) is 8.56. The first-order chi connectivity index (χ1) is 12.2. The lowest BCUT2D eigenvalue weighted by atomic mass is 10.0. The van der Waals surface area contributed by atoms with Gasteiger partial charge in [0.05, 0.1) is 11.4 Å². The maximum absolute atomic E-state index is 12.2. The standard InChI is InChI=1S/C20H27N3OS/c1-3-15-8-7-9-16(4-2)19(15)23-13-12-21-20(23)25-14-18(24)22-17-10-5-6-11-17/h7-9,12-13,17H,3-6,10-11,14H2,1-2H3,(H,22,24). The molecule has 0 spiro atoms. The number of aromatic nitrogens is 2. The molecule has 1 fully saturated rings. The summed E-state index contributed by atoms with van der Waals surface area (Å²) in [5.41, 5.74) is 3.85. The van der Waals surface area contributed by atoms with Gasteiger partial charge in [0.15, 0.2) is 5.16 Å². The summed E-state index contributed by atoms with van der Waals surface area (Å²) in [7, 11) is 0. The molecule has 5 heteroatoms. The zero-order chi connectivity index (χ0) is 17.6. The van der Waals surface area contributed by atoms with Crippen molar-refractivity contribution >= 4 is 17.7 Å². The number of thioether (sulfide) groups is 1. The summed E-state index contributed by atoms with van der Waals surface area (Å²) in [6.07, 6.45) is 10.5. The van der Waals surface area contributed by atoms with Gasteiger partial charge in [-0.05, 0) is 36.8 Å². The molecule has 0 unspecified atom stereocenters. The number of aryl methyl sites for hydroxylation is 2. The number of imidazole rings is 1. The van der Waals surface area contributed by atoms with Crippen LogP contribution in [0.2, 0.25) is 0 Å². The van der Waals surface area contributed by atoms with E-state index in [-0.39, 0.29) is 5.91 Å². The summed E-state index contributed by atoms with van der Waals surface area (Å²) in [6.45, 7) is 4.36. The fourth-order valence-electron chi connectivity index (χ4n) is 3.56.